The van der Waals surface area contributed by atoms with Gasteiger partial charge < -0.3 is 4.74 Å². The lowest BCUT2D eigenvalue weighted by Gasteiger charge is -2.38. The Bertz CT molecular complexity index is 544. The first kappa shape index (κ1) is 21.6. The number of allylic oxidation sites excluding steroid dienone is 1. The molecule has 1 nitrogen and oxygen atoms in total. The molecule has 2 aliphatic carbocycles. The van der Waals surface area contributed by atoms with Gasteiger partial charge in [0.05, 0.1) is 6.61 Å². The van der Waals surface area contributed by atoms with Gasteiger partial charge in [-0.05, 0) is 99.0 Å². The summed E-state index contributed by atoms with van der Waals surface area (Å²) in [4.78, 5) is 0. The van der Waals surface area contributed by atoms with Crippen LogP contribution in [0.15, 0.2) is 36.9 Å². The van der Waals surface area contributed by atoms with Gasteiger partial charge in [-0.1, -0.05) is 50.1 Å². The Kier molecular flexibility index (Phi) is 9.12. The Morgan fingerprint density at radius 3 is 2.14 bits per heavy atom. The number of benzene rings is 1. The molecule has 1 heteroatoms. The summed E-state index contributed by atoms with van der Waals surface area (Å²) in [6, 6.07) is 9.33. The van der Waals surface area contributed by atoms with Crippen LogP contribution in [0.4, 0.5) is 0 Å². The van der Waals surface area contributed by atoms with Crippen LogP contribution in [-0.2, 0) is 11.3 Å². The molecule has 0 spiro atoms. The van der Waals surface area contributed by atoms with Crippen LogP contribution in [0.5, 0.6) is 0 Å². The lowest BCUT2D eigenvalue weighted by Crippen LogP contribution is -2.25. The zero-order chi connectivity index (χ0) is 19.6. The number of hydrogen-bond acceptors (Lipinski definition) is 1. The molecule has 0 bridgehead atoms. The van der Waals surface area contributed by atoms with Gasteiger partial charge in [0, 0.05) is 6.61 Å². The van der Waals surface area contributed by atoms with Gasteiger partial charge in [0.25, 0.3) is 0 Å². The molecule has 0 unspecified atom stereocenters. The van der Waals surface area contributed by atoms with Crippen molar-refractivity contribution in [3.05, 3.63) is 48.0 Å². The van der Waals surface area contributed by atoms with Gasteiger partial charge in [-0.2, -0.15) is 0 Å². The highest BCUT2D eigenvalue weighted by molar-refractivity contribution is 5.25. The van der Waals surface area contributed by atoms with Gasteiger partial charge in [-0.25, -0.2) is 0 Å². The zero-order valence-electron chi connectivity index (χ0n) is 18.2. The highest BCUT2D eigenvalue weighted by Crippen LogP contribution is 2.44. The van der Waals surface area contributed by atoms with Gasteiger partial charge in [0.15, 0.2) is 0 Å². The molecule has 0 aromatic heterocycles. The third kappa shape index (κ3) is 6.48. The monoisotopic (exact) mass is 382 g/mol. The Labute approximate surface area is 174 Å². The standard InChI is InChI=1S/C27H42O/c1-3-5-6-20-28-21-23-10-14-25(15-11-23)27-18-16-26(17-19-27)24-12-8-22(7-4-2)9-13-24/h4,10-11,14-15,22,24,26-27H,2-3,5-9,12-13,16-21H2,1H3. The molecule has 3 rings (SSSR count). The minimum atomic E-state index is 0.769. The Balaban J connectivity index is 1.38. The Hall–Kier alpha value is -1.08. The summed E-state index contributed by atoms with van der Waals surface area (Å²) in [6.07, 6.45) is 18.6. The fraction of sp³-hybridized carbons (Fsp3) is 0.704. The largest absolute Gasteiger partial charge is 0.377 e. The van der Waals surface area contributed by atoms with Crippen molar-refractivity contribution < 1.29 is 4.74 Å². The number of rotatable bonds is 10. The second-order valence-corrected chi connectivity index (χ2v) is 9.42. The summed E-state index contributed by atoms with van der Waals surface area (Å²) in [5.41, 5.74) is 2.88. The summed E-state index contributed by atoms with van der Waals surface area (Å²) >= 11 is 0. The molecule has 2 saturated carbocycles. The maximum atomic E-state index is 5.81. The average molecular weight is 383 g/mol. The molecule has 0 radical (unpaired) electrons. The summed E-state index contributed by atoms with van der Waals surface area (Å²) in [6.45, 7) is 7.83. The third-order valence-corrected chi connectivity index (χ3v) is 7.44. The van der Waals surface area contributed by atoms with Crippen LogP contribution in [0.1, 0.15) is 101 Å². The molecule has 2 fully saturated rings. The third-order valence-electron chi connectivity index (χ3n) is 7.44. The van der Waals surface area contributed by atoms with E-state index in [9.17, 15) is 0 Å². The van der Waals surface area contributed by atoms with E-state index in [1.165, 1.54) is 82.6 Å². The minimum absolute atomic E-state index is 0.769. The van der Waals surface area contributed by atoms with Gasteiger partial charge in [0.1, 0.15) is 0 Å². The second kappa shape index (κ2) is 11.8. The predicted molar refractivity (Wildman–Crippen MR) is 121 cm³/mol. The van der Waals surface area contributed by atoms with Crippen molar-refractivity contribution >= 4 is 0 Å². The van der Waals surface area contributed by atoms with Gasteiger partial charge in [0.2, 0.25) is 0 Å². The molecule has 2 aliphatic rings. The molecule has 0 aliphatic heterocycles. The normalized spacial score (nSPS) is 28.2. The fourth-order valence-corrected chi connectivity index (χ4v) is 5.59. The molecule has 1 aromatic rings. The summed E-state index contributed by atoms with van der Waals surface area (Å²) < 4.78 is 5.81. The lowest BCUT2D eigenvalue weighted by molar-refractivity contribution is 0.117. The maximum absolute atomic E-state index is 5.81. The molecule has 0 atom stereocenters. The van der Waals surface area contributed by atoms with Crippen LogP contribution < -0.4 is 0 Å². The quantitative estimate of drug-likeness (QED) is 0.294. The smallest absolute Gasteiger partial charge is 0.0716 e. The highest BCUT2D eigenvalue weighted by atomic mass is 16.5. The molecule has 0 saturated heterocycles. The predicted octanol–water partition coefficient (Wildman–Crippen LogP) is 8.05. The van der Waals surface area contributed by atoms with E-state index in [-0.39, 0.29) is 0 Å². The first-order valence-corrected chi connectivity index (χ1v) is 12.1. The number of ether oxygens (including phenoxy) is 1. The molecule has 156 valence electrons. The summed E-state index contributed by atoms with van der Waals surface area (Å²) in [7, 11) is 0. The summed E-state index contributed by atoms with van der Waals surface area (Å²) in [5.74, 6) is 3.72. The Morgan fingerprint density at radius 2 is 1.54 bits per heavy atom. The van der Waals surface area contributed by atoms with Gasteiger partial charge in [-0.3, -0.25) is 0 Å². The van der Waals surface area contributed by atoms with Crippen LogP contribution in [0.3, 0.4) is 0 Å². The minimum Gasteiger partial charge on any atom is -0.377 e. The van der Waals surface area contributed by atoms with Crippen molar-refractivity contribution in [2.24, 2.45) is 17.8 Å². The Morgan fingerprint density at radius 1 is 0.893 bits per heavy atom. The lowest BCUT2D eigenvalue weighted by atomic mass is 9.68. The van der Waals surface area contributed by atoms with Crippen LogP contribution >= 0.6 is 0 Å². The van der Waals surface area contributed by atoms with E-state index in [0.29, 0.717) is 0 Å². The van der Waals surface area contributed by atoms with Crippen LogP contribution in [0.25, 0.3) is 0 Å². The van der Waals surface area contributed by atoms with Crippen molar-refractivity contribution in [1.82, 2.24) is 0 Å². The fourth-order valence-electron chi connectivity index (χ4n) is 5.59. The highest BCUT2D eigenvalue weighted by Gasteiger charge is 2.30. The van der Waals surface area contributed by atoms with Crippen LogP contribution in [0.2, 0.25) is 0 Å². The van der Waals surface area contributed by atoms with E-state index >= 15 is 0 Å². The van der Waals surface area contributed by atoms with E-state index in [1.54, 1.807) is 5.56 Å². The van der Waals surface area contributed by atoms with E-state index in [4.69, 9.17) is 4.74 Å². The van der Waals surface area contributed by atoms with Crippen LogP contribution in [-0.4, -0.2) is 6.61 Å². The SMILES string of the molecule is C=CCC1CCC(C2CCC(c3ccc(COCCCCC)cc3)CC2)CC1. The first-order chi connectivity index (χ1) is 13.8. The molecule has 0 heterocycles. The van der Waals surface area contributed by atoms with E-state index in [0.717, 1.165) is 36.9 Å². The molecular weight excluding hydrogens is 340 g/mol. The van der Waals surface area contributed by atoms with Crippen molar-refractivity contribution in [2.45, 2.75) is 96.5 Å². The van der Waals surface area contributed by atoms with E-state index in [2.05, 4.69) is 43.8 Å². The number of hydrogen-bond donors (Lipinski definition) is 0. The van der Waals surface area contributed by atoms with Crippen LogP contribution in [0, 0.1) is 17.8 Å². The van der Waals surface area contributed by atoms with Crippen molar-refractivity contribution in [1.29, 1.82) is 0 Å². The topological polar surface area (TPSA) is 9.23 Å². The second-order valence-electron chi connectivity index (χ2n) is 9.42. The average Bonchev–Trinajstić information content (AvgIpc) is 2.75. The molecule has 1 aromatic carbocycles. The van der Waals surface area contributed by atoms with E-state index < -0.39 is 0 Å². The molecule has 0 amide bonds. The van der Waals surface area contributed by atoms with Crippen molar-refractivity contribution in [3.63, 3.8) is 0 Å². The zero-order valence-corrected chi connectivity index (χ0v) is 18.2. The van der Waals surface area contributed by atoms with Gasteiger partial charge >= 0.3 is 0 Å². The first-order valence-electron chi connectivity index (χ1n) is 12.1. The molecular formula is C27H42O. The van der Waals surface area contributed by atoms with Crippen molar-refractivity contribution in [2.75, 3.05) is 6.61 Å². The summed E-state index contributed by atoms with van der Waals surface area (Å²) in [5, 5.41) is 0. The molecule has 0 N–H and O–H groups in total. The number of unbranched alkanes of at least 4 members (excludes halogenated alkanes) is 2. The molecule has 28 heavy (non-hydrogen) atoms. The maximum Gasteiger partial charge on any atom is 0.0716 e. The van der Waals surface area contributed by atoms with Crippen molar-refractivity contribution in [3.8, 4) is 0 Å². The van der Waals surface area contributed by atoms with Gasteiger partial charge in [-0.15, -0.1) is 6.58 Å². The van der Waals surface area contributed by atoms with E-state index in [1.807, 2.05) is 0 Å².